The van der Waals surface area contributed by atoms with Gasteiger partial charge in [0, 0.05) is 10.6 Å². The molecule has 4 heteroatoms. The molecule has 0 bridgehead atoms. The quantitative estimate of drug-likeness (QED) is 0.829. The third-order valence-electron chi connectivity index (χ3n) is 3.28. The van der Waals surface area contributed by atoms with Crippen LogP contribution in [0.4, 0.5) is 0 Å². The highest BCUT2D eigenvalue weighted by Gasteiger charge is 2.34. The minimum Gasteiger partial charge on any atom is -0.368 e. The molecule has 20 heavy (non-hydrogen) atoms. The Morgan fingerprint density at radius 3 is 2.30 bits per heavy atom. The first-order valence-electron chi connectivity index (χ1n) is 6.37. The van der Waals surface area contributed by atoms with E-state index in [0.29, 0.717) is 5.75 Å². The van der Waals surface area contributed by atoms with E-state index in [1.807, 2.05) is 61.5 Å². The van der Waals surface area contributed by atoms with Crippen LogP contribution in [0.5, 0.6) is 0 Å². The Bertz CT molecular complexity index is 600. The molecule has 0 saturated heterocycles. The number of hydrogen-bond donors (Lipinski definition) is 2. The first-order chi connectivity index (χ1) is 9.54. The van der Waals surface area contributed by atoms with Crippen molar-refractivity contribution in [3.8, 4) is 0 Å². The molecular formula is C16H18N2OS. The van der Waals surface area contributed by atoms with Gasteiger partial charge in [0.2, 0.25) is 5.91 Å². The van der Waals surface area contributed by atoms with E-state index in [-0.39, 0.29) is 0 Å². The van der Waals surface area contributed by atoms with E-state index in [1.54, 1.807) is 11.8 Å². The fraction of sp³-hybridized carbons (Fsp3) is 0.188. The predicted molar refractivity (Wildman–Crippen MR) is 83.4 cm³/mol. The second-order valence-electron chi connectivity index (χ2n) is 4.76. The molecule has 0 radical (unpaired) electrons. The SMILES string of the molecule is Cc1ccccc1SCC(N)(C(N)=O)c1ccccc1. The summed E-state index contributed by atoms with van der Waals surface area (Å²) in [5.74, 6) is -0.0956. The lowest BCUT2D eigenvalue weighted by molar-refractivity contribution is -0.122. The van der Waals surface area contributed by atoms with Crippen molar-refractivity contribution in [2.75, 3.05) is 5.75 Å². The van der Waals surface area contributed by atoms with E-state index >= 15 is 0 Å². The highest BCUT2D eigenvalue weighted by molar-refractivity contribution is 7.99. The van der Waals surface area contributed by atoms with Crippen LogP contribution in [0.15, 0.2) is 59.5 Å². The normalized spacial score (nSPS) is 13.7. The summed E-state index contributed by atoms with van der Waals surface area (Å²) in [5, 5.41) is 0. The molecule has 0 aromatic heterocycles. The first-order valence-corrected chi connectivity index (χ1v) is 7.35. The number of carbonyl (C=O) groups is 1. The highest BCUT2D eigenvalue weighted by atomic mass is 32.2. The maximum Gasteiger partial charge on any atom is 0.243 e. The number of primary amides is 1. The topological polar surface area (TPSA) is 69.1 Å². The summed E-state index contributed by atoms with van der Waals surface area (Å²) in [4.78, 5) is 12.9. The van der Waals surface area contributed by atoms with Crippen LogP contribution in [-0.4, -0.2) is 11.7 Å². The van der Waals surface area contributed by atoms with Crippen molar-refractivity contribution in [3.63, 3.8) is 0 Å². The maximum atomic E-state index is 11.8. The molecule has 2 aromatic carbocycles. The standard InChI is InChI=1S/C16H18N2OS/c1-12-7-5-6-10-14(12)20-11-16(18,15(17)19)13-8-3-2-4-9-13/h2-10H,11,18H2,1H3,(H2,17,19). The molecular weight excluding hydrogens is 268 g/mol. The third kappa shape index (κ3) is 3.03. The number of hydrogen-bond acceptors (Lipinski definition) is 3. The van der Waals surface area contributed by atoms with Gasteiger partial charge in [-0.3, -0.25) is 4.79 Å². The minimum atomic E-state index is -1.16. The zero-order valence-corrected chi connectivity index (χ0v) is 12.2. The van der Waals surface area contributed by atoms with E-state index in [1.165, 1.54) is 0 Å². The summed E-state index contributed by atoms with van der Waals surface area (Å²) in [7, 11) is 0. The number of amides is 1. The van der Waals surface area contributed by atoms with E-state index in [0.717, 1.165) is 16.0 Å². The summed E-state index contributed by atoms with van der Waals surface area (Å²) >= 11 is 1.55. The van der Waals surface area contributed by atoms with Crippen LogP contribution in [0.2, 0.25) is 0 Å². The zero-order chi connectivity index (χ0) is 14.6. The average molecular weight is 286 g/mol. The molecule has 0 aliphatic rings. The van der Waals surface area contributed by atoms with Crippen LogP contribution in [0, 0.1) is 6.92 Å². The highest BCUT2D eigenvalue weighted by Crippen LogP contribution is 2.29. The molecule has 104 valence electrons. The van der Waals surface area contributed by atoms with Gasteiger partial charge in [-0.25, -0.2) is 0 Å². The zero-order valence-electron chi connectivity index (χ0n) is 11.4. The first kappa shape index (κ1) is 14.6. The van der Waals surface area contributed by atoms with Gasteiger partial charge in [-0.1, -0.05) is 48.5 Å². The van der Waals surface area contributed by atoms with Crippen molar-refractivity contribution in [3.05, 3.63) is 65.7 Å². The Hall–Kier alpha value is -1.78. The molecule has 0 spiro atoms. The summed E-state index contributed by atoms with van der Waals surface area (Å²) in [5.41, 5.74) is 12.5. The molecule has 2 rings (SSSR count). The largest absolute Gasteiger partial charge is 0.368 e. The van der Waals surface area contributed by atoms with E-state index in [4.69, 9.17) is 11.5 Å². The summed E-state index contributed by atoms with van der Waals surface area (Å²) < 4.78 is 0. The molecule has 2 aromatic rings. The van der Waals surface area contributed by atoms with Gasteiger partial charge in [0.1, 0.15) is 5.54 Å². The van der Waals surface area contributed by atoms with Crippen molar-refractivity contribution < 1.29 is 4.79 Å². The lowest BCUT2D eigenvalue weighted by Crippen LogP contribution is -2.51. The van der Waals surface area contributed by atoms with Gasteiger partial charge >= 0.3 is 0 Å². The Morgan fingerprint density at radius 2 is 1.70 bits per heavy atom. The Morgan fingerprint density at radius 1 is 1.10 bits per heavy atom. The van der Waals surface area contributed by atoms with Crippen molar-refractivity contribution in [2.24, 2.45) is 11.5 Å². The summed E-state index contributed by atoms with van der Waals surface area (Å²) in [6.07, 6.45) is 0. The number of aryl methyl sites for hydroxylation is 1. The van der Waals surface area contributed by atoms with Crippen LogP contribution in [-0.2, 0) is 10.3 Å². The lowest BCUT2D eigenvalue weighted by Gasteiger charge is -2.26. The van der Waals surface area contributed by atoms with E-state index in [2.05, 4.69) is 0 Å². The van der Waals surface area contributed by atoms with E-state index < -0.39 is 11.4 Å². The van der Waals surface area contributed by atoms with E-state index in [9.17, 15) is 4.79 Å². The van der Waals surface area contributed by atoms with Crippen LogP contribution in [0.3, 0.4) is 0 Å². The monoisotopic (exact) mass is 286 g/mol. The second-order valence-corrected chi connectivity index (χ2v) is 5.77. The van der Waals surface area contributed by atoms with Crippen LogP contribution in [0.25, 0.3) is 0 Å². The maximum absolute atomic E-state index is 11.8. The fourth-order valence-corrected chi connectivity index (χ4v) is 3.10. The van der Waals surface area contributed by atoms with Gasteiger partial charge in [0.15, 0.2) is 0 Å². The van der Waals surface area contributed by atoms with Gasteiger partial charge in [0.25, 0.3) is 0 Å². The van der Waals surface area contributed by atoms with Crippen molar-refractivity contribution in [1.82, 2.24) is 0 Å². The number of nitrogens with two attached hydrogens (primary N) is 2. The summed E-state index contributed by atoms with van der Waals surface area (Å²) in [6, 6.07) is 17.3. The van der Waals surface area contributed by atoms with Crippen LogP contribution >= 0.6 is 11.8 Å². The molecule has 4 N–H and O–H groups in total. The molecule has 1 amide bonds. The Labute approximate surface area is 123 Å². The fourth-order valence-electron chi connectivity index (χ4n) is 1.94. The van der Waals surface area contributed by atoms with Crippen molar-refractivity contribution in [1.29, 1.82) is 0 Å². The average Bonchev–Trinajstić information content (AvgIpc) is 2.47. The smallest absolute Gasteiger partial charge is 0.243 e. The lowest BCUT2D eigenvalue weighted by atomic mass is 9.92. The molecule has 1 atom stereocenters. The Kier molecular flexibility index (Phi) is 4.47. The minimum absolute atomic E-state index is 0.414. The number of rotatable bonds is 5. The molecule has 0 aliphatic carbocycles. The molecule has 0 aliphatic heterocycles. The predicted octanol–water partition coefficient (Wildman–Crippen LogP) is 2.43. The second kappa shape index (κ2) is 6.11. The van der Waals surface area contributed by atoms with Crippen molar-refractivity contribution in [2.45, 2.75) is 17.4 Å². The molecule has 0 heterocycles. The van der Waals surface area contributed by atoms with Crippen LogP contribution in [0.1, 0.15) is 11.1 Å². The molecule has 0 fully saturated rings. The number of benzene rings is 2. The van der Waals surface area contributed by atoms with Crippen LogP contribution < -0.4 is 11.5 Å². The number of thioether (sulfide) groups is 1. The Balaban J connectivity index is 2.23. The van der Waals surface area contributed by atoms with Gasteiger partial charge in [-0.2, -0.15) is 0 Å². The number of carbonyl (C=O) groups excluding carboxylic acids is 1. The van der Waals surface area contributed by atoms with Crippen molar-refractivity contribution >= 4 is 17.7 Å². The summed E-state index contributed by atoms with van der Waals surface area (Å²) in [6.45, 7) is 2.04. The van der Waals surface area contributed by atoms with Gasteiger partial charge in [-0.05, 0) is 24.1 Å². The van der Waals surface area contributed by atoms with Gasteiger partial charge < -0.3 is 11.5 Å². The third-order valence-corrected chi connectivity index (χ3v) is 4.65. The van der Waals surface area contributed by atoms with Gasteiger partial charge in [-0.15, -0.1) is 11.8 Å². The molecule has 3 nitrogen and oxygen atoms in total. The molecule has 0 saturated carbocycles. The molecule has 1 unspecified atom stereocenters. The van der Waals surface area contributed by atoms with Gasteiger partial charge in [0.05, 0.1) is 0 Å².